The van der Waals surface area contributed by atoms with Crippen molar-refractivity contribution in [1.82, 2.24) is 29.3 Å². The van der Waals surface area contributed by atoms with E-state index in [0.717, 1.165) is 42.9 Å². The van der Waals surface area contributed by atoms with Crippen LogP contribution in [0.3, 0.4) is 0 Å². The molecule has 1 aromatic carbocycles. The van der Waals surface area contributed by atoms with Gasteiger partial charge < -0.3 is 9.55 Å². The van der Waals surface area contributed by atoms with Gasteiger partial charge >= 0.3 is 0 Å². The van der Waals surface area contributed by atoms with Gasteiger partial charge in [0, 0.05) is 31.9 Å². The number of imidazole rings is 1. The highest BCUT2D eigenvalue weighted by atomic mass is 19.1. The summed E-state index contributed by atoms with van der Waals surface area (Å²) in [5, 5.41) is 4.72. The zero-order valence-electron chi connectivity index (χ0n) is 20.7. The first-order valence-corrected chi connectivity index (χ1v) is 12.1. The van der Waals surface area contributed by atoms with Gasteiger partial charge in [0.1, 0.15) is 17.3 Å². The summed E-state index contributed by atoms with van der Waals surface area (Å²) in [6.07, 6.45) is 9.18. The molecule has 1 aliphatic heterocycles. The Balaban J connectivity index is 1.52. The number of fused-ring (bicyclic) bond motifs is 1. The predicted molar refractivity (Wildman–Crippen MR) is 141 cm³/mol. The second kappa shape index (κ2) is 10.3. The van der Waals surface area contributed by atoms with Crippen LogP contribution >= 0.6 is 0 Å². The Kier molecular flexibility index (Phi) is 6.72. The molecule has 0 amide bonds. The van der Waals surface area contributed by atoms with Gasteiger partial charge in [-0.15, -0.1) is 5.10 Å². The molecule has 0 fully saturated rings. The summed E-state index contributed by atoms with van der Waals surface area (Å²) in [6.45, 7) is 6.21. The summed E-state index contributed by atoms with van der Waals surface area (Å²) in [4.78, 5) is 33.1. The van der Waals surface area contributed by atoms with E-state index in [-0.39, 0.29) is 11.5 Å². The Morgan fingerprint density at radius 1 is 1.27 bits per heavy atom. The fourth-order valence-electron chi connectivity index (χ4n) is 4.60. The van der Waals surface area contributed by atoms with E-state index in [9.17, 15) is 9.18 Å². The molecule has 188 valence electrons. The summed E-state index contributed by atoms with van der Waals surface area (Å²) >= 11 is 0. The van der Waals surface area contributed by atoms with Crippen molar-refractivity contribution >= 4 is 12.1 Å². The van der Waals surface area contributed by atoms with Gasteiger partial charge in [0.25, 0.3) is 5.56 Å². The quantitative estimate of drug-likeness (QED) is 0.329. The molecule has 5 rings (SSSR count). The van der Waals surface area contributed by atoms with E-state index in [2.05, 4.69) is 26.5 Å². The maximum Gasteiger partial charge on any atom is 0.272 e. The lowest BCUT2D eigenvalue weighted by Crippen LogP contribution is -2.14. The van der Waals surface area contributed by atoms with Gasteiger partial charge in [-0.05, 0) is 49.6 Å². The first kappa shape index (κ1) is 24.2. The normalized spacial score (nSPS) is 16.1. The molecule has 1 unspecified atom stereocenters. The van der Waals surface area contributed by atoms with E-state index in [1.165, 1.54) is 18.4 Å². The van der Waals surface area contributed by atoms with Gasteiger partial charge in [-0.2, -0.15) is 0 Å². The van der Waals surface area contributed by atoms with Crippen molar-refractivity contribution in [3.05, 3.63) is 94.3 Å². The number of hydrogen-bond acceptors (Lipinski definition) is 5. The van der Waals surface area contributed by atoms with Crippen molar-refractivity contribution in [3.8, 4) is 17.2 Å². The molecule has 0 radical (unpaired) electrons. The summed E-state index contributed by atoms with van der Waals surface area (Å²) < 4.78 is 18.3. The molecule has 37 heavy (non-hydrogen) atoms. The van der Waals surface area contributed by atoms with E-state index < -0.39 is 5.82 Å². The third-order valence-corrected chi connectivity index (χ3v) is 6.39. The molecular formula is C27H27FN8O. The molecule has 0 aliphatic carbocycles. The third kappa shape index (κ3) is 4.82. The van der Waals surface area contributed by atoms with Gasteiger partial charge in [-0.3, -0.25) is 9.79 Å². The molecule has 10 heteroatoms. The SMILES string of the molecule is C=CC=NC(=NC)c1cc(C2CCCCn3nc(-c4ccc(-n5cnc(C)c5)c(=O)[nH]4)nc32)ccc1F. The molecule has 3 aromatic heterocycles. The van der Waals surface area contributed by atoms with Crippen molar-refractivity contribution in [2.75, 3.05) is 7.05 Å². The number of allylic oxidation sites excluding steroid dienone is 1. The third-order valence-electron chi connectivity index (χ3n) is 6.39. The van der Waals surface area contributed by atoms with Gasteiger partial charge in [0.05, 0.1) is 23.3 Å². The number of aromatic nitrogens is 6. The Bertz CT molecular complexity index is 1580. The number of aliphatic imine (C=N–C) groups is 2. The Morgan fingerprint density at radius 2 is 2.14 bits per heavy atom. The molecule has 4 heterocycles. The number of rotatable bonds is 5. The summed E-state index contributed by atoms with van der Waals surface area (Å²) in [5.41, 5.74) is 2.79. The number of nitrogens with one attached hydrogen (secondary N) is 1. The number of amidine groups is 1. The highest BCUT2D eigenvalue weighted by molar-refractivity contribution is 6.04. The van der Waals surface area contributed by atoms with Crippen LogP contribution in [0.4, 0.5) is 4.39 Å². The standard InChI is InChI=1S/C27H27FN8O/c1-4-12-30-24(29-3)20-14-18(8-9-21(20)28)19-7-5-6-13-36-26(19)33-25(34-36)22-10-11-23(27(37)32-22)35-15-17(2)31-16-35/h4,8-12,14-16,19H,1,5-7,13H2,2-3H3,(H,32,37). The molecule has 0 saturated heterocycles. The van der Waals surface area contributed by atoms with Gasteiger partial charge in [-0.25, -0.2) is 24.0 Å². The Labute approximate surface area is 213 Å². The topological polar surface area (TPSA) is 106 Å². The lowest BCUT2D eigenvalue weighted by Gasteiger charge is -2.16. The molecule has 9 nitrogen and oxygen atoms in total. The van der Waals surface area contributed by atoms with E-state index in [4.69, 9.17) is 10.1 Å². The average molecular weight is 499 g/mol. The van der Waals surface area contributed by atoms with Crippen molar-refractivity contribution in [1.29, 1.82) is 0 Å². The second-order valence-corrected chi connectivity index (χ2v) is 8.87. The molecule has 4 aromatic rings. The van der Waals surface area contributed by atoms with Gasteiger partial charge in [-0.1, -0.05) is 25.1 Å². The van der Waals surface area contributed by atoms with Crippen molar-refractivity contribution < 1.29 is 4.39 Å². The largest absolute Gasteiger partial charge is 0.317 e. The first-order valence-electron chi connectivity index (χ1n) is 12.1. The summed E-state index contributed by atoms with van der Waals surface area (Å²) in [6, 6.07) is 8.55. The summed E-state index contributed by atoms with van der Waals surface area (Å²) in [5.74, 6) is 1.03. The number of pyridine rings is 1. The fraction of sp³-hybridized carbons (Fsp3) is 0.259. The van der Waals surface area contributed by atoms with Gasteiger partial charge in [0.15, 0.2) is 11.7 Å². The van der Waals surface area contributed by atoms with Crippen molar-refractivity contribution in [2.45, 2.75) is 38.6 Å². The molecule has 0 bridgehead atoms. The number of nitrogens with zero attached hydrogens (tertiary/aromatic N) is 7. The molecular weight excluding hydrogens is 471 g/mol. The minimum Gasteiger partial charge on any atom is -0.317 e. The molecule has 0 spiro atoms. The number of halogens is 1. The van der Waals surface area contributed by atoms with Crippen LogP contribution in [0, 0.1) is 12.7 Å². The van der Waals surface area contributed by atoms with Crippen molar-refractivity contribution in [3.63, 3.8) is 0 Å². The van der Waals surface area contributed by atoms with Crippen LogP contribution < -0.4 is 5.56 Å². The number of aromatic amines is 1. The minimum absolute atomic E-state index is 0.0930. The highest BCUT2D eigenvalue weighted by Crippen LogP contribution is 2.33. The summed E-state index contributed by atoms with van der Waals surface area (Å²) in [7, 11) is 1.58. The molecule has 1 aliphatic rings. The van der Waals surface area contributed by atoms with E-state index >= 15 is 0 Å². The monoisotopic (exact) mass is 498 g/mol. The minimum atomic E-state index is -0.396. The maximum atomic E-state index is 14.7. The average Bonchev–Trinajstić information content (AvgIpc) is 3.47. The number of H-pyrrole nitrogens is 1. The van der Waals surface area contributed by atoms with Crippen LogP contribution in [0.25, 0.3) is 17.2 Å². The van der Waals surface area contributed by atoms with E-state index in [1.807, 2.05) is 11.6 Å². The van der Waals surface area contributed by atoms with Crippen LogP contribution in [0.1, 0.15) is 47.8 Å². The highest BCUT2D eigenvalue weighted by Gasteiger charge is 2.26. The number of benzene rings is 1. The maximum absolute atomic E-state index is 14.7. The van der Waals surface area contributed by atoms with Crippen LogP contribution in [-0.2, 0) is 6.54 Å². The second-order valence-electron chi connectivity index (χ2n) is 8.87. The number of aryl methyl sites for hydroxylation is 2. The van der Waals surface area contributed by atoms with Crippen LogP contribution in [0.15, 0.2) is 70.3 Å². The Hall–Kier alpha value is -4.47. The molecule has 1 N–H and O–H groups in total. The smallest absolute Gasteiger partial charge is 0.272 e. The van der Waals surface area contributed by atoms with Crippen molar-refractivity contribution in [2.24, 2.45) is 9.98 Å². The van der Waals surface area contributed by atoms with Gasteiger partial charge in [0.2, 0.25) is 0 Å². The molecule has 0 saturated carbocycles. The van der Waals surface area contributed by atoms with E-state index in [1.54, 1.807) is 48.4 Å². The first-order chi connectivity index (χ1) is 18.0. The zero-order chi connectivity index (χ0) is 25.9. The Morgan fingerprint density at radius 3 is 2.86 bits per heavy atom. The van der Waals surface area contributed by atoms with E-state index in [0.29, 0.717) is 28.6 Å². The van der Waals surface area contributed by atoms with Crippen LogP contribution in [0.5, 0.6) is 0 Å². The predicted octanol–water partition coefficient (Wildman–Crippen LogP) is 4.22. The zero-order valence-corrected chi connectivity index (χ0v) is 20.7. The lowest BCUT2D eigenvalue weighted by molar-refractivity contribution is 0.575. The number of hydrogen-bond donors (Lipinski definition) is 1. The van der Waals surface area contributed by atoms with Crippen LogP contribution in [0.2, 0.25) is 0 Å². The lowest BCUT2D eigenvalue weighted by atomic mass is 9.92. The molecule has 1 atom stereocenters. The van der Waals surface area contributed by atoms with Crippen LogP contribution in [-0.4, -0.2) is 48.4 Å². The fourth-order valence-corrected chi connectivity index (χ4v) is 4.60.